The van der Waals surface area contributed by atoms with Gasteiger partial charge in [0.1, 0.15) is 11.4 Å². The molecule has 2 heterocycles. The zero-order chi connectivity index (χ0) is 12.8. The Kier molecular flexibility index (Phi) is 4.30. The lowest BCUT2D eigenvalue weighted by Crippen LogP contribution is -2.10. The van der Waals surface area contributed by atoms with E-state index in [9.17, 15) is 4.79 Å². The largest absolute Gasteiger partial charge is 0.462 e. The van der Waals surface area contributed by atoms with Crippen LogP contribution in [0.1, 0.15) is 22.2 Å². The molecule has 0 atom stereocenters. The molecule has 0 saturated carbocycles. The van der Waals surface area contributed by atoms with Crippen molar-refractivity contribution in [1.82, 2.24) is 4.98 Å². The van der Waals surface area contributed by atoms with Gasteiger partial charge >= 0.3 is 5.97 Å². The van der Waals surface area contributed by atoms with Crippen molar-refractivity contribution in [2.24, 2.45) is 0 Å². The highest BCUT2D eigenvalue weighted by molar-refractivity contribution is 7.09. The predicted octanol–water partition coefficient (Wildman–Crippen LogP) is 2.93. The Morgan fingerprint density at radius 1 is 1.44 bits per heavy atom. The highest BCUT2D eigenvalue weighted by atomic mass is 32.1. The SMILES string of the molecule is CCOC(=O)c1cccnc1NCc1cccs1. The monoisotopic (exact) mass is 262 g/mol. The van der Waals surface area contributed by atoms with Crippen molar-refractivity contribution in [3.05, 3.63) is 46.3 Å². The molecular formula is C13H14N2O2S. The number of rotatable bonds is 5. The Labute approximate surface area is 110 Å². The van der Waals surface area contributed by atoms with Gasteiger partial charge in [0.05, 0.1) is 13.2 Å². The molecule has 2 aromatic heterocycles. The fourth-order valence-electron chi connectivity index (χ4n) is 1.50. The van der Waals surface area contributed by atoms with Crippen LogP contribution in [-0.2, 0) is 11.3 Å². The number of esters is 1. The number of carbonyl (C=O) groups is 1. The third kappa shape index (κ3) is 3.07. The van der Waals surface area contributed by atoms with E-state index < -0.39 is 0 Å². The van der Waals surface area contributed by atoms with Gasteiger partial charge in [0.15, 0.2) is 0 Å². The average Bonchev–Trinajstić information content (AvgIpc) is 2.90. The van der Waals surface area contributed by atoms with E-state index in [2.05, 4.69) is 10.3 Å². The molecule has 18 heavy (non-hydrogen) atoms. The Hall–Kier alpha value is -1.88. The zero-order valence-corrected chi connectivity index (χ0v) is 10.9. The van der Waals surface area contributed by atoms with E-state index in [-0.39, 0.29) is 5.97 Å². The minimum Gasteiger partial charge on any atom is -0.462 e. The van der Waals surface area contributed by atoms with E-state index in [1.165, 1.54) is 4.88 Å². The Morgan fingerprint density at radius 3 is 3.06 bits per heavy atom. The maximum Gasteiger partial charge on any atom is 0.341 e. The van der Waals surface area contributed by atoms with Crippen LogP contribution in [0.5, 0.6) is 0 Å². The molecule has 5 heteroatoms. The van der Waals surface area contributed by atoms with Crippen LogP contribution >= 0.6 is 11.3 Å². The molecule has 0 unspecified atom stereocenters. The van der Waals surface area contributed by atoms with Crippen LogP contribution in [0.2, 0.25) is 0 Å². The zero-order valence-electron chi connectivity index (χ0n) is 10.1. The number of aromatic nitrogens is 1. The van der Waals surface area contributed by atoms with Crippen molar-refractivity contribution in [2.45, 2.75) is 13.5 Å². The number of ether oxygens (including phenoxy) is 1. The summed E-state index contributed by atoms with van der Waals surface area (Å²) >= 11 is 1.66. The van der Waals surface area contributed by atoms with Crippen LogP contribution in [0.4, 0.5) is 5.82 Å². The van der Waals surface area contributed by atoms with Gasteiger partial charge in [-0.15, -0.1) is 11.3 Å². The molecule has 0 aliphatic carbocycles. The summed E-state index contributed by atoms with van der Waals surface area (Å²) in [7, 11) is 0. The second-order valence-corrected chi connectivity index (χ2v) is 4.59. The third-order valence-electron chi connectivity index (χ3n) is 2.31. The highest BCUT2D eigenvalue weighted by Crippen LogP contribution is 2.16. The number of nitrogens with zero attached hydrogens (tertiary/aromatic N) is 1. The van der Waals surface area contributed by atoms with Gasteiger partial charge in [-0.25, -0.2) is 9.78 Å². The molecule has 2 aromatic rings. The molecule has 0 aliphatic heterocycles. The first kappa shape index (κ1) is 12.6. The molecule has 0 fully saturated rings. The van der Waals surface area contributed by atoms with Crippen LogP contribution in [-0.4, -0.2) is 17.6 Å². The summed E-state index contributed by atoms with van der Waals surface area (Å²) < 4.78 is 4.99. The summed E-state index contributed by atoms with van der Waals surface area (Å²) in [6.45, 7) is 2.80. The second-order valence-electron chi connectivity index (χ2n) is 3.55. The van der Waals surface area contributed by atoms with Gasteiger partial charge < -0.3 is 10.1 Å². The number of carbonyl (C=O) groups excluding carboxylic acids is 1. The molecule has 2 rings (SSSR count). The highest BCUT2D eigenvalue weighted by Gasteiger charge is 2.12. The molecule has 0 bridgehead atoms. The van der Waals surface area contributed by atoms with E-state index in [0.29, 0.717) is 24.5 Å². The molecule has 94 valence electrons. The number of hydrogen-bond donors (Lipinski definition) is 1. The van der Waals surface area contributed by atoms with Crippen molar-refractivity contribution >= 4 is 23.1 Å². The van der Waals surface area contributed by atoms with Crippen molar-refractivity contribution in [1.29, 1.82) is 0 Å². The molecule has 4 nitrogen and oxygen atoms in total. The fourth-order valence-corrected chi connectivity index (χ4v) is 2.15. The Morgan fingerprint density at radius 2 is 2.33 bits per heavy atom. The van der Waals surface area contributed by atoms with Gasteiger partial charge in [-0.1, -0.05) is 6.07 Å². The molecule has 0 radical (unpaired) electrons. The van der Waals surface area contributed by atoms with Gasteiger partial charge in [0.2, 0.25) is 0 Å². The van der Waals surface area contributed by atoms with Crippen LogP contribution < -0.4 is 5.32 Å². The normalized spacial score (nSPS) is 10.1. The van der Waals surface area contributed by atoms with Crippen molar-refractivity contribution in [2.75, 3.05) is 11.9 Å². The van der Waals surface area contributed by atoms with Gasteiger partial charge in [-0.3, -0.25) is 0 Å². The number of hydrogen-bond acceptors (Lipinski definition) is 5. The lowest BCUT2D eigenvalue weighted by Gasteiger charge is -2.09. The molecule has 1 N–H and O–H groups in total. The van der Waals surface area contributed by atoms with Crippen molar-refractivity contribution in [3.63, 3.8) is 0 Å². The van der Waals surface area contributed by atoms with E-state index in [4.69, 9.17) is 4.74 Å². The lowest BCUT2D eigenvalue weighted by atomic mass is 10.2. The minimum absolute atomic E-state index is 0.348. The first-order valence-electron chi connectivity index (χ1n) is 5.69. The minimum atomic E-state index is -0.348. The van der Waals surface area contributed by atoms with Crippen molar-refractivity contribution in [3.8, 4) is 0 Å². The van der Waals surface area contributed by atoms with Crippen LogP contribution in [0.3, 0.4) is 0 Å². The quantitative estimate of drug-likeness (QED) is 0.842. The Bertz CT molecular complexity index is 511. The first-order valence-corrected chi connectivity index (χ1v) is 6.57. The fraction of sp³-hybridized carbons (Fsp3) is 0.231. The van der Waals surface area contributed by atoms with E-state index in [1.807, 2.05) is 17.5 Å². The summed E-state index contributed by atoms with van der Waals surface area (Å²) in [6.07, 6.45) is 1.65. The predicted molar refractivity (Wildman–Crippen MR) is 71.8 cm³/mol. The van der Waals surface area contributed by atoms with Gasteiger partial charge in [0.25, 0.3) is 0 Å². The van der Waals surface area contributed by atoms with Gasteiger partial charge in [-0.05, 0) is 30.5 Å². The maximum atomic E-state index is 11.7. The molecule has 0 aromatic carbocycles. The van der Waals surface area contributed by atoms with Crippen LogP contribution in [0.15, 0.2) is 35.8 Å². The maximum absolute atomic E-state index is 11.7. The van der Waals surface area contributed by atoms with E-state index in [0.717, 1.165) is 0 Å². The average molecular weight is 262 g/mol. The molecule has 0 saturated heterocycles. The third-order valence-corrected chi connectivity index (χ3v) is 3.19. The molecule has 0 aliphatic rings. The Balaban J connectivity index is 2.09. The van der Waals surface area contributed by atoms with Gasteiger partial charge in [0, 0.05) is 11.1 Å². The smallest absolute Gasteiger partial charge is 0.341 e. The summed E-state index contributed by atoms with van der Waals surface area (Å²) in [5, 5.41) is 5.17. The van der Waals surface area contributed by atoms with Crippen molar-refractivity contribution < 1.29 is 9.53 Å². The summed E-state index contributed by atoms with van der Waals surface area (Å²) in [5.41, 5.74) is 0.468. The molecule has 0 amide bonds. The number of thiophene rings is 1. The lowest BCUT2D eigenvalue weighted by molar-refractivity contribution is 0.0527. The second kappa shape index (κ2) is 6.16. The van der Waals surface area contributed by atoms with E-state index in [1.54, 1.807) is 36.6 Å². The van der Waals surface area contributed by atoms with E-state index >= 15 is 0 Å². The molecular weight excluding hydrogens is 248 g/mol. The first-order chi connectivity index (χ1) is 8.81. The summed E-state index contributed by atoms with van der Waals surface area (Å²) in [6, 6.07) is 7.46. The number of anilines is 1. The topological polar surface area (TPSA) is 51.2 Å². The number of nitrogens with one attached hydrogen (secondary N) is 1. The van der Waals surface area contributed by atoms with Crippen LogP contribution in [0.25, 0.3) is 0 Å². The summed E-state index contributed by atoms with van der Waals surface area (Å²) in [5.74, 6) is 0.212. The number of pyridine rings is 1. The standard InChI is InChI=1S/C13H14N2O2S/c1-2-17-13(16)11-6-3-7-14-12(11)15-9-10-5-4-8-18-10/h3-8H,2,9H2,1H3,(H,14,15). The summed E-state index contributed by atoms with van der Waals surface area (Å²) in [4.78, 5) is 17.1. The van der Waals surface area contributed by atoms with Gasteiger partial charge in [-0.2, -0.15) is 0 Å². The van der Waals surface area contributed by atoms with Crippen LogP contribution in [0, 0.1) is 0 Å². The molecule has 0 spiro atoms.